The fourth-order valence-corrected chi connectivity index (χ4v) is 14.5. The fourth-order valence-electron chi connectivity index (χ4n) is 14.5. The number of ether oxygens (including phenoxy) is 4. The predicted molar refractivity (Wildman–Crippen MR) is 218 cm³/mol. The number of fused-ring (bicyclic) bond motifs is 4. The largest absolute Gasteiger partial charge is 0.496 e. The number of nitrogens with zero attached hydrogens (tertiary/aromatic N) is 4. The third kappa shape index (κ3) is 4.34. The molecule has 308 valence electrons. The lowest BCUT2D eigenvalue weighted by Crippen LogP contribution is -2.82. The Morgan fingerprint density at radius 2 is 1.71 bits per heavy atom. The molecule has 7 heterocycles. The Morgan fingerprint density at radius 1 is 0.931 bits per heavy atom. The van der Waals surface area contributed by atoms with Gasteiger partial charge in [-0.05, 0) is 75.2 Å². The van der Waals surface area contributed by atoms with Crippen LogP contribution < -0.4 is 9.64 Å². The van der Waals surface area contributed by atoms with Gasteiger partial charge in [0.05, 0.1) is 33.4 Å². The van der Waals surface area contributed by atoms with Crippen LogP contribution in [0.15, 0.2) is 48.0 Å². The third-order valence-electron chi connectivity index (χ3n) is 16.1. The van der Waals surface area contributed by atoms with E-state index in [4.69, 9.17) is 18.9 Å². The van der Waals surface area contributed by atoms with Crippen LogP contribution >= 0.6 is 0 Å². The average molecular weight is 793 g/mol. The van der Waals surface area contributed by atoms with Gasteiger partial charge in [-0.1, -0.05) is 43.7 Å². The molecule has 4 bridgehead atoms. The molecule has 6 aliphatic heterocycles. The van der Waals surface area contributed by atoms with Gasteiger partial charge in [0, 0.05) is 90.0 Å². The molecule has 3 aromatic rings. The highest BCUT2D eigenvalue weighted by molar-refractivity contribution is 6.04. The SMILES string of the molecule is CCC1=C[C@@H]2CN3CCn4c(c(-c5cc6c(cc5OC)N(C)[C@@H]5[C@](O)(C(=O)OC)[C@@H](OC(C)=O)[C@@]7(CC)CCCN8CC[C@@]65[C@H]87)c5ccccc54)[C@@](C(=O)OC)(C2)[C@@H]13. The molecule has 58 heavy (non-hydrogen) atoms. The third-order valence-corrected chi connectivity index (χ3v) is 16.1. The predicted octanol–water partition coefficient (Wildman–Crippen LogP) is 4.95. The molecule has 0 amide bonds. The lowest BCUT2D eigenvalue weighted by Gasteiger charge is -2.65. The summed E-state index contributed by atoms with van der Waals surface area (Å²) in [6.45, 7) is 9.72. The van der Waals surface area contributed by atoms with Crippen LogP contribution in [0.4, 0.5) is 5.69 Å². The van der Waals surface area contributed by atoms with Gasteiger partial charge < -0.3 is 33.5 Å². The first-order valence-electron chi connectivity index (χ1n) is 21.2. The van der Waals surface area contributed by atoms with E-state index < -0.39 is 45.9 Å². The number of methoxy groups -OCH3 is 3. The molecular weight excluding hydrogens is 737 g/mol. The summed E-state index contributed by atoms with van der Waals surface area (Å²) in [5, 5.41) is 14.4. The summed E-state index contributed by atoms with van der Waals surface area (Å²) in [4.78, 5) is 49.3. The van der Waals surface area contributed by atoms with Crippen LogP contribution in [-0.4, -0.2) is 122 Å². The van der Waals surface area contributed by atoms with Crippen molar-refractivity contribution in [2.24, 2.45) is 11.3 Å². The van der Waals surface area contributed by atoms with Gasteiger partial charge in [0.2, 0.25) is 5.60 Å². The summed E-state index contributed by atoms with van der Waals surface area (Å²) in [5.74, 6) is -0.725. The standard InChI is InChI=1S/C46H56N4O8/c1-8-28-21-27-24-45(41(52)56-6)36(28)49(25-27)19-20-50-32-14-11-10-13-29(32)35(37(45)50)30-22-31-33(23-34(30)55-5)47(4)39-44(31)16-18-48-17-12-15-43(9-2,38(44)48)40(58-26(3)51)46(39,54)42(53)57-7/h10-11,13-14,21-23,27,36,38-40,54H,8-9,12,15-20,24-25H2,1-7H3/t27-,36+,38+,39-,40-,43-,44-,45+,46+/m0/s1. The molecular formula is C46H56N4O8. The van der Waals surface area contributed by atoms with E-state index in [-0.39, 0.29) is 24.0 Å². The first kappa shape index (κ1) is 37.9. The summed E-state index contributed by atoms with van der Waals surface area (Å²) in [6, 6.07) is 11.7. The van der Waals surface area contributed by atoms with Gasteiger partial charge in [-0.3, -0.25) is 19.4 Å². The van der Waals surface area contributed by atoms with Gasteiger partial charge in [0.15, 0.2) is 6.10 Å². The van der Waals surface area contributed by atoms with Gasteiger partial charge in [-0.25, -0.2) is 4.79 Å². The lowest BCUT2D eigenvalue weighted by atomic mass is 9.46. The number of rotatable bonds is 7. The van der Waals surface area contributed by atoms with Gasteiger partial charge in [0.25, 0.3) is 0 Å². The molecule has 11 rings (SSSR count). The van der Waals surface area contributed by atoms with Crippen LogP contribution in [0.1, 0.15) is 70.6 Å². The number of hydrogen-bond donors (Lipinski definition) is 1. The minimum absolute atomic E-state index is 0.142. The summed E-state index contributed by atoms with van der Waals surface area (Å²) in [7, 11) is 6.43. The molecule has 1 unspecified atom stereocenters. The maximum absolute atomic E-state index is 14.9. The summed E-state index contributed by atoms with van der Waals surface area (Å²) in [6.07, 6.45) is 5.59. The summed E-state index contributed by atoms with van der Waals surface area (Å²) < 4.78 is 26.4. The van der Waals surface area contributed by atoms with Gasteiger partial charge in [-0.15, -0.1) is 0 Å². The van der Waals surface area contributed by atoms with E-state index >= 15 is 0 Å². The first-order valence-corrected chi connectivity index (χ1v) is 21.2. The first-order chi connectivity index (χ1) is 27.9. The van der Waals surface area contributed by atoms with Crippen molar-refractivity contribution in [2.45, 2.75) is 107 Å². The van der Waals surface area contributed by atoms with Crippen LogP contribution in [0.25, 0.3) is 22.0 Å². The number of aromatic nitrogens is 1. The molecule has 1 aromatic heterocycles. The number of carbonyl (C=O) groups excluding carboxylic acids is 3. The Labute approximate surface area is 340 Å². The maximum Gasteiger partial charge on any atom is 0.344 e. The van der Waals surface area contributed by atoms with Crippen molar-refractivity contribution in [3.63, 3.8) is 0 Å². The Bertz CT molecular complexity index is 2300. The van der Waals surface area contributed by atoms with E-state index in [0.717, 1.165) is 84.5 Å². The van der Waals surface area contributed by atoms with E-state index in [1.165, 1.54) is 26.7 Å². The number of hydrogen-bond acceptors (Lipinski definition) is 11. The van der Waals surface area contributed by atoms with E-state index in [0.29, 0.717) is 31.4 Å². The van der Waals surface area contributed by atoms with Crippen molar-refractivity contribution in [2.75, 3.05) is 59.5 Å². The normalized spacial score (nSPS) is 36.6. The number of piperidine rings is 2. The van der Waals surface area contributed by atoms with Crippen LogP contribution in [0.2, 0.25) is 0 Å². The topological polar surface area (TPSA) is 123 Å². The number of benzene rings is 2. The molecule has 12 nitrogen and oxygen atoms in total. The van der Waals surface area contributed by atoms with E-state index in [2.05, 4.69) is 70.7 Å². The molecule has 3 saturated heterocycles. The second-order valence-electron chi connectivity index (χ2n) is 18.1. The molecule has 10 atom stereocenters. The number of carbonyl (C=O) groups is 3. The lowest BCUT2D eigenvalue weighted by molar-refractivity contribution is -0.242. The Kier molecular flexibility index (Phi) is 8.36. The van der Waals surface area contributed by atoms with E-state index in [1.807, 2.05) is 11.9 Å². The number of esters is 3. The van der Waals surface area contributed by atoms with Gasteiger partial charge in [0.1, 0.15) is 11.2 Å². The second kappa shape index (κ2) is 12.8. The molecule has 4 fully saturated rings. The van der Waals surface area contributed by atoms with Crippen molar-refractivity contribution in [3.8, 4) is 16.9 Å². The highest BCUT2D eigenvalue weighted by atomic mass is 16.6. The molecule has 0 radical (unpaired) electrons. The van der Waals surface area contributed by atoms with E-state index in [9.17, 15) is 19.5 Å². The number of aliphatic hydroxyl groups is 1. The Hall–Kier alpha value is -4.39. The van der Waals surface area contributed by atoms with Crippen LogP contribution in [0.5, 0.6) is 5.75 Å². The Balaban J connectivity index is 1.29. The van der Waals surface area contributed by atoms with Crippen LogP contribution in [0, 0.1) is 11.3 Å². The van der Waals surface area contributed by atoms with Crippen molar-refractivity contribution in [3.05, 3.63) is 59.3 Å². The molecule has 2 aliphatic carbocycles. The minimum atomic E-state index is -2.19. The van der Waals surface area contributed by atoms with Crippen molar-refractivity contribution in [1.82, 2.24) is 14.4 Å². The molecule has 2 aromatic carbocycles. The summed E-state index contributed by atoms with van der Waals surface area (Å²) in [5.41, 5.74) is 2.36. The van der Waals surface area contributed by atoms with Crippen molar-refractivity contribution < 1.29 is 38.4 Å². The maximum atomic E-state index is 14.9. The van der Waals surface area contributed by atoms with Crippen LogP contribution in [0.3, 0.4) is 0 Å². The van der Waals surface area contributed by atoms with Crippen LogP contribution in [-0.2, 0) is 46.0 Å². The number of anilines is 1. The Morgan fingerprint density at radius 3 is 2.41 bits per heavy atom. The molecule has 8 aliphatic rings. The zero-order chi connectivity index (χ0) is 40.7. The second-order valence-corrected chi connectivity index (χ2v) is 18.1. The van der Waals surface area contributed by atoms with Gasteiger partial charge >= 0.3 is 17.9 Å². The quantitative estimate of drug-likeness (QED) is 0.199. The molecule has 1 N–H and O–H groups in total. The number of likely N-dealkylation sites (N-methyl/N-ethyl adjacent to an activating group) is 1. The minimum Gasteiger partial charge on any atom is -0.496 e. The van der Waals surface area contributed by atoms with Gasteiger partial charge in [-0.2, -0.15) is 0 Å². The zero-order valence-electron chi connectivity index (χ0n) is 34.8. The van der Waals surface area contributed by atoms with Crippen molar-refractivity contribution >= 4 is 34.5 Å². The summed E-state index contributed by atoms with van der Waals surface area (Å²) >= 11 is 0. The molecule has 12 heteroatoms. The fraction of sp³-hybridized carbons (Fsp3) is 0.587. The molecule has 1 saturated carbocycles. The highest BCUT2D eigenvalue weighted by Gasteiger charge is 2.80. The number of para-hydroxylation sites is 1. The molecule has 1 spiro atoms. The smallest absolute Gasteiger partial charge is 0.344 e. The van der Waals surface area contributed by atoms with Crippen molar-refractivity contribution in [1.29, 1.82) is 0 Å². The monoisotopic (exact) mass is 792 g/mol. The van der Waals surface area contributed by atoms with E-state index in [1.54, 1.807) is 7.11 Å². The average Bonchev–Trinajstić information content (AvgIpc) is 3.85. The zero-order valence-corrected chi connectivity index (χ0v) is 34.8. The highest BCUT2D eigenvalue weighted by Crippen LogP contribution is 2.69.